The molecule has 5 heteroatoms. The van der Waals surface area contributed by atoms with Crippen LogP contribution in [0, 0.1) is 0 Å². The first-order valence-corrected chi connectivity index (χ1v) is 10.4. The fraction of sp³-hybridized carbons (Fsp3) is 0.524. The summed E-state index contributed by atoms with van der Waals surface area (Å²) < 4.78 is 5.81. The second-order valence-electron chi connectivity index (χ2n) is 7.01. The number of para-hydroxylation sites is 1. The van der Waals surface area contributed by atoms with Crippen LogP contribution in [0.4, 0.5) is 0 Å². The Morgan fingerprint density at radius 2 is 1.88 bits per heavy atom. The summed E-state index contributed by atoms with van der Waals surface area (Å²) in [6.45, 7) is 2.86. The van der Waals surface area contributed by atoms with E-state index in [9.17, 15) is 10.2 Å². The van der Waals surface area contributed by atoms with Crippen molar-refractivity contribution in [3.05, 3.63) is 52.2 Å². The van der Waals surface area contributed by atoms with Gasteiger partial charge in [0, 0.05) is 18.0 Å². The van der Waals surface area contributed by atoms with Crippen LogP contribution in [0.1, 0.15) is 36.1 Å². The van der Waals surface area contributed by atoms with Gasteiger partial charge in [0.25, 0.3) is 0 Å². The number of benzene rings is 1. The second kappa shape index (κ2) is 10.1. The summed E-state index contributed by atoms with van der Waals surface area (Å²) in [6.07, 6.45) is 3.37. The van der Waals surface area contributed by atoms with Crippen LogP contribution >= 0.6 is 11.3 Å². The Morgan fingerprint density at radius 1 is 1.00 bits per heavy atom. The van der Waals surface area contributed by atoms with Gasteiger partial charge in [0.1, 0.15) is 18.5 Å². The van der Waals surface area contributed by atoms with Crippen LogP contribution in [0.5, 0.6) is 5.75 Å². The molecule has 0 saturated carbocycles. The van der Waals surface area contributed by atoms with E-state index in [1.807, 2.05) is 18.2 Å². The van der Waals surface area contributed by atoms with Crippen molar-refractivity contribution >= 4 is 11.3 Å². The van der Waals surface area contributed by atoms with E-state index in [1.54, 1.807) is 11.3 Å². The molecule has 2 atom stereocenters. The number of aliphatic hydroxyl groups is 2. The van der Waals surface area contributed by atoms with E-state index in [1.165, 1.54) is 16.9 Å². The smallest absolute Gasteiger partial charge is 0.122 e. The Hall–Kier alpha value is -1.40. The largest absolute Gasteiger partial charge is 0.491 e. The Balaban J connectivity index is 1.64. The highest BCUT2D eigenvalue weighted by Crippen LogP contribution is 2.22. The summed E-state index contributed by atoms with van der Waals surface area (Å²) in [6, 6.07) is 12.3. The van der Waals surface area contributed by atoms with E-state index in [4.69, 9.17) is 4.74 Å². The minimum atomic E-state index is -0.866. The van der Waals surface area contributed by atoms with Crippen molar-refractivity contribution in [2.24, 2.45) is 0 Å². The van der Waals surface area contributed by atoms with Crippen molar-refractivity contribution in [3.63, 3.8) is 0 Å². The first-order valence-electron chi connectivity index (χ1n) is 9.54. The first-order chi connectivity index (χ1) is 12.7. The van der Waals surface area contributed by atoms with E-state index in [0.29, 0.717) is 6.42 Å². The topological polar surface area (TPSA) is 52.9 Å². The highest BCUT2D eigenvalue weighted by atomic mass is 32.1. The molecule has 142 valence electrons. The molecule has 0 spiro atoms. The number of fused-ring (bicyclic) bond motifs is 1. The molecule has 0 aliphatic carbocycles. The van der Waals surface area contributed by atoms with E-state index in [0.717, 1.165) is 44.6 Å². The minimum Gasteiger partial charge on any atom is -0.491 e. The summed E-state index contributed by atoms with van der Waals surface area (Å²) in [5, 5.41) is 22.7. The van der Waals surface area contributed by atoms with Crippen LogP contribution in [-0.2, 0) is 13.0 Å². The molecule has 1 aromatic heterocycles. The molecule has 0 bridgehead atoms. The zero-order chi connectivity index (χ0) is 18.2. The molecule has 0 saturated heterocycles. The summed E-state index contributed by atoms with van der Waals surface area (Å²) in [5.74, 6) is 0.829. The number of aliphatic hydroxyl groups excluding tert-OH is 2. The van der Waals surface area contributed by atoms with Gasteiger partial charge in [-0.15, -0.1) is 11.3 Å². The van der Waals surface area contributed by atoms with Gasteiger partial charge in [-0.3, -0.25) is 4.90 Å². The molecule has 0 unspecified atom stereocenters. The van der Waals surface area contributed by atoms with Gasteiger partial charge < -0.3 is 14.9 Å². The molecule has 1 aliphatic rings. The third-order valence-corrected chi connectivity index (χ3v) is 5.81. The number of thiophene rings is 1. The fourth-order valence-electron chi connectivity index (χ4n) is 3.37. The van der Waals surface area contributed by atoms with E-state index in [2.05, 4.69) is 28.5 Å². The maximum atomic E-state index is 10.3. The van der Waals surface area contributed by atoms with E-state index >= 15 is 0 Å². The molecule has 2 N–H and O–H groups in total. The number of aryl methyl sites for hydroxylation is 1. The lowest BCUT2D eigenvalue weighted by molar-refractivity contribution is -0.0163. The lowest BCUT2D eigenvalue weighted by atomic mass is 10.0. The van der Waals surface area contributed by atoms with Crippen LogP contribution in [0.25, 0.3) is 0 Å². The number of nitrogens with zero attached hydrogens (tertiary/aromatic N) is 1. The van der Waals surface area contributed by atoms with Crippen LogP contribution in [-0.4, -0.2) is 47.0 Å². The maximum absolute atomic E-state index is 10.3. The van der Waals surface area contributed by atoms with Gasteiger partial charge in [-0.2, -0.15) is 0 Å². The molecule has 1 aliphatic heterocycles. The second-order valence-corrected chi connectivity index (χ2v) is 8.04. The number of hydrogen-bond acceptors (Lipinski definition) is 5. The molecule has 4 nitrogen and oxygen atoms in total. The molecule has 2 aromatic rings. The maximum Gasteiger partial charge on any atom is 0.122 e. The molecule has 3 rings (SSSR count). The van der Waals surface area contributed by atoms with Gasteiger partial charge in [-0.05, 0) is 55.3 Å². The van der Waals surface area contributed by atoms with Crippen molar-refractivity contribution in [1.82, 2.24) is 4.90 Å². The summed E-state index contributed by atoms with van der Waals surface area (Å²) in [5.41, 5.74) is 1.18. The van der Waals surface area contributed by atoms with Gasteiger partial charge in [0.2, 0.25) is 0 Å². The molecule has 2 heterocycles. The van der Waals surface area contributed by atoms with Gasteiger partial charge in [-0.1, -0.05) is 30.7 Å². The molecule has 1 aromatic carbocycles. The molecule has 0 radical (unpaired) electrons. The van der Waals surface area contributed by atoms with Crippen LogP contribution in [0.2, 0.25) is 0 Å². The van der Waals surface area contributed by atoms with Crippen LogP contribution in [0.3, 0.4) is 0 Å². The van der Waals surface area contributed by atoms with Crippen LogP contribution in [0.15, 0.2) is 41.8 Å². The third kappa shape index (κ3) is 5.81. The van der Waals surface area contributed by atoms with Crippen LogP contribution < -0.4 is 4.74 Å². The standard InChI is InChI=1S/C21H29NO3S/c23-19-11-13-22(15-18-9-6-14-26-18)12-5-1-2-7-17-8-3-4-10-21(17)25-16-20(19)24/h3-4,6,8-10,14,19-20,23-24H,1-2,5,7,11-13,15-16H2/t19-,20+/m0/s1. The number of hydrogen-bond donors (Lipinski definition) is 2. The van der Waals surface area contributed by atoms with E-state index in [-0.39, 0.29) is 6.61 Å². The van der Waals surface area contributed by atoms with Gasteiger partial charge in [-0.25, -0.2) is 0 Å². The van der Waals surface area contributed by atoms with Gasteiger partial charge in [0.15, 0.2) is 0 Å². The van der Waals surface area contributed by atoms with Crippen molar-refractivity contribution in [1.29, 1.82) is 0 Å². The lowest BCUT2D eigenvalue weighted by Crippen LogP contribution is -2.36. The van der Waals surface area contributed by atoms with Crippen molar-refractivity contribution in [2.45, 2.75) is 50.9 Å². The average molecular weight is 376 g/mol. The van der Waals surface area contributed by atoms with Crippen molar-refractivity contribution in [2.75, 3.05) is 19.7 Å². The van der Waals surface area contributed by atoms with Gasteiger partial charge >= 0.3 is 0 Å². The zero-order valence-corrected chi connectivity index (χ0v) is 16.0. The molecular weight excluding hydrogens is 346 g/mol. The molecule has 0 fully saturated rings. The molecular formula is C21H29NO3S. The predicted octanol–water partition coefficient (Wildman–Crippen LogP) is 3.47. The SMILES string of the molecule is O[C@@H]1COc2ccccc2CCCCCN(Cc2cccs2)CC[C@@H]1O. The minimum absolute atomic E-state index is 0.128. The van der Waals surface area contributed by atoms with Crippen molar-refractivity contribution < 1.29 is 14.9 Å². The summed E-state index contributed by atoms with van der Waals surface area (Å²) >= 11 is 1.77. The lowest BCUT2D eigenvalue weighted by Gasteiger charge is -2.25. The molecule has 26 heavy (non-hydrogen) atoms. The Kier molecular flexibility index (Phi) is 7.50. The summed E-state index contributed by atoms with van der Waals surface area (Å²) in [4.78, 5) is 3.74. The average Bonchev–Trinajstić information content (AvgIpc) is 3.16. The number of rotatable bonds is 2. The Bertz CT molecular complexity index is 646. The highest BCUT2D eigenvalue weighted by molar-refractivity contribution is 7.09. The Morgan fingerprint density at radius 3 is 2.73 bits per heavy atom. The molecule has 0 amide bonds. The predicted molar refractivity (Wildman–Crippen MR) is 106 cm³/mol. The number of ether oxygens (including phenoxy) is 1. The monoisotopic (exact) mass is 375 g/mol. The quantitative estimate of drug-likeness (QED) is 0.844. The fourth-order valence-corrected chi connectivity index (χ4v) is 4.11. The third-order valence-electron chi connectivity index (χ3n) is 4.95. The van der Waals surface area contributed by atoms with Gasteiger partial charge in [0.05, 0.1) is 6.10 Å². The van der Waals surface area contributed by atoms with E-state index < -0.39 is 12.2 Å². The zero-order valence-electron chi connectivity index (χ0n) is 15.2. The highest BCUT2D eigenvalue weighted by Gasteiger charge is 2.19. The normalized spacial score (nSPS) is 23.6. The van der Waals surface area contributed by atoms with Crippen molar-refractivity contribution in [3.8, 4) is 5.75 Å². The summed E-state index contributed by atoms with van der Waals surface area (Å²) in [7, 11) is 0. The first kappa shape index (κ1) is 19.4. The Labute approximate surface area is 160 Å².